The fourth-order valence-corrected chi connectivity index (χ4v) is 2.48. The lowest BCUT2D eigenvalue weighted by Crippen LogP contribution is -2.41. The van der Waals surface area contributed by atoms with E-state index in [4.69, 9.17) is 0 Å². The highest BCUT2D eigenvalue weighted by molar-refractivity contribution is 5.85. The van der Waals surface area contributed by atoms with E-state index >= 15 is 0 Å². The van der Waals surface area contributed by atoms with Gasteiger partial charge >= 0.3 is 0 Å². The number of halogens is 2. The molecule has 1 saturated heterocycles. The SMILES string of the molecule is CN(C)CC(C)(C)CNC(=O)CC1CCCN1.Cl.Cl. The second-order valence-electron chi connectivity index (χ2n) is 6.18. The van der Waals surface area contributed by atoms with Crippen LogP contribution >= 0.6 is 24.8 Å². The molecule has 1 rings (SSSR count). The Bertz CT molecular complexity index is 254. The molecule has 1 unspecified atom stereocenters. The molecule has 1 atom stereocenters. The minimum Gasteiger partial charge on any atom is -0.355 e. The van der Waals surface area contributed by atoms with Gasteiger partial charge in [-0.15, -0.1) is 24.8 Å². The van der Waals surface area contributed by atoms with Gasteiger partial charge < -0.3 is 15.5 Å². The van der Waals surface area contributed by atoms with E-state index in [0.717, 1.165) is 26.1 Å². The van der Waals surface area contributed by atoms with Gasteiger partial charge in [0, 0.05) is 25.6 Å². The lowest BCUT2D eigenvalue weighted by Gasteiger charge is -2.28. The van der Waals surface area contributed by atoms with Gasteiger partial charge in [0.1, 0.15) is 0 Å². The van der Waals surface area contributed by atoms with Crippen molar-refractivity contribution in [1.29, 1.82) is 0 Å². The Morgan fingerprint density at radius 3 is 2.47 bits per heavy atom. The summed E-state index contributed by atoms with van der Waals surface area (Å²) in [5.74, 6) is 0.177. The van der Waals surface area contributed by atoms with E-state index in [1.807, 2.05) is 0 Å². The predicted molar refractivity (Wildman–Crippen MR) is 85.5 cm³/mol. The first kappa shape index (κ1) is 21.3. The Morgan fingerprint density at radius 1 is 1.37 bits per heavy atom. The second-order valence-corrected chi connectivity index (χ2v) is 6.18. The van der Waals surface area contributed by atoms with Crippen molar-refractivity contribution in [2.45, 2.75) is 39.2 Å². The van der Waals surface area contributed by atoms with Gasteiger partial charge in [0.2, 0.25) is 5.91 Å². The van der Waals surface area contributed by atoms with Gasteiger partial charge in [-0.1, -0.05) is 13.8 Å². The molecular weight excluding hydrogens is 285 g/mol. The Hall–Kier alpha value is -0.0300. The standard InChI is InChI=1S/C13H27N3O.2ClH/c1-13(2,10-16(3)4)9-15-12(17)8-11-6-5-7-14-11;;/h11,14H,5-10H2,1-4H3,(H,15,17);2*1H. The summed E-state index contributed by atoms with van der Waals surface area (Å²) in [6, 6.07) is 0.395. The maximum Gasteiger partial charge on any atom is 0.221 e. The summed E-state index contributed by atoms with van der Waals surface area (Å²) >= 11 is 0. The third-order valence-corrected chi connectivity index (χ3v) is 3.10. The summed E-state index contributed by atoms with van der Waals surface area (Å²) < 4.78 is 0. The number of amides is 1. The normalized spacial score (nSPS) is 18.7. The highest BCUT2D eigenvalue weighted by Crippen LogP contribution is 2.14. The van der Waals surface area contributed by atoms with Crippen LogP contribution in [0.1, 0.15) is 33.1 Å². The van der Waals surface area contributed by atoms with Gasteiger partial charge in [0.05, 0.1) is 0 Å². The van der Waals surface area contributed by atoms with Crippen molar-refractivity contribution in [3.05, 3.63) is 0 Å². The largest absolute Gasteiger partial charge is 0.355 e. The summed E-state index contributed by atoms with van der Waals surface area (Å²) in [6.07, 6.45) is 2.95. The minimum absolute atomic E-state index is 0. The monoisotopic (exact) mass is 313 g/mol. The van der Waals surface area contributed by atoms with Gasteiger partial charge in [-0.25, -0.2) is 0 Å². The van der Waals surface area contributed by atoms with Crippen LogP contribution in [0.2, 0.25) is 0 Å². The molecule has 0 spiro atoms. The molecule has 1 heterocycles. The van der Waals surface area contributed by atoms with Gasteiger partial charge in [-0.3, -0.25) is 4.79 Å². The van der Waals surface area contributed by atoms with Crippen LogP contribution in [-0.4, -0.2) is 50.6 Å². The molecule has 4 nitrogen and oxygen atoms in total. The molecule has 1 aliphatic rings. The van der Waals surface area contributed by atoms with Crippen LogP contribution in [0, 0.1) is 5.41 Å². The van der Waals surface area contributed by atoms with Crippen LogP contribution in [0.15, 0.2) is 0 Å². The molecule has 0 aliphatic carbocycles. The van der Waals surface area contributed by atoms with E-state index in [2.05, 4.69) is 43.5 Å². The zero-order valence-electron chi connectivity index (χ0n) is 12.5. The molecule has 6 heteroatoms. The van der Waals surface area contributed by atoms with E-state index < -0.39 is 0 Å². The van der Waals surface area contributed by atoms with Crippen molar-refractivity contribution in [2.75, 3.05) is 33.7 Å². The number of carbonyl (C=O) groups is 1. The Kier molecular flexibility index (Phi) is 11.0. The van der Waals surface area contributed by atoms with Gasteiger partial charge in [-0.2, -0.15) is 0 Å². The molecular formula is C13H29Cl2N3O. The van der Waals surface area contributed by atoms with Crippen LogP contribution in [0.25, 0.3) is 0 Å². The highest BCUT2D eigenvalue weighted by atomic mass is 35.5. The van der Waals surface area contributed by atoms with Crippen molar-refractivity contribution in [3.63, 3.8) is 0 Å². The average molecular weight is 314 g/mol. The van der Waals surface area contributed by atoms with Gasteiger partial charge in [-0.05, 0) is 38.9 Å². The lowest BCUT2D eigenvalue weighted by molar-refractivity contribution is -0.122. The molecule has 1 fully saturated rings. The number of hydrogen-bond acceptors (Lipinski definition) is 3. The van der Waals surface area contributed by atoms with Gasteiger partial charge in [0.15, 0.2) is 0 Å². The lowest BCUT2D eigenvalue weighted by atomic mass is 9.93. The quantitative estimate of drug-likeness (QED) is 0.784. The Balaban J connectivity index is 0. The van der Waals surface area contributed by atoms with Crippen molar-refractivity contribution in [3.8, 4) is 0 Å². The third kappa shape index (κ3) is 9.50. The summed E-state index contributed by atoms with van der Waals surface area (Å²) in [4.78, 5) is 13.9. The van der Waals surface area contributed by atoms with Crippen molar-refractivity contribution in [1.82, 2.24) is 15.5 Å². The molecule has 2 N–H and O–H groups in total. The molecule has 116 valence electrons. The van der Waals surface area contributed by atoms with E-state index in [0.29, 0.717) is 12.5 Å². The van der Waals surface area contributed by atoms with Crippen LogP contribution < -0.4 is 10.6 Å². The van der Waals surface area contributed by atoms with E-state index in [9.17, 15) is 4.79 Å². The number of rotatable bonds is 6. The summed E-state index contributed by atoms with van der Waals surface area (Å²) in [5.41, 5.74) is 0.127. The number of hydrogen-bond donors (Lipinski definition) is 2. The first-order chi connectivity index (χ1) is 7.89. The maximum atomic E-state index is 11.8. The van der Waals surface area contributed by atoms with Crippen molar-refractivity contribution in [2.24, 2.45) is 5.41 Å². The van der Waals surface area contributed by atoms with Crippen LogP contribution in [0.3, 0.4) is 0 Å². The summed E-state index contributed by atoms with van der Waals surface area (Å²) in [5, 5.41) is 6.40. The maximum absolute atomic E-state index is 11.8. The van der Waals surface area contributed by atoms with Crippen molar-refractivity contribution < 1.29 is 4.79 Å². The van der Waals surface area contributed by atoms with Crippen LogP contribution in [0.5, 0.6) is 0 Å². The van der Waals surface area contributed by atoms with Crippen LogP contribution in [0.4, 0.5) is 0 Å². The molecule has 0 bridgehead atoms. The second kappa shape index (κ2) is 9.81. The molecule has 0 aromatic heterocycles. The third-order valence-electron chi connectivity index (χ3n) is 3.10. The molecule has 19 heavy (non-hydrogen) atoms. The number of nitrogens with zero attached hydrogens (tertiary/aromatic N) is 1. The fraction of sp³-hybridized carbons (Fsp3) is 0.923. The predicted octanol–water partition coefficient (Wildman–Crippen LogP) is 1.68. The Morgan fingerprint density at radius 2 is 2.00 bits per heavy atom. The molecule has 1 amide bonds. The zero-order chi connectivity index (χ0) is 12.9. The first-order valence-electron chi connectivity index (χ1n) is 6.54. The van der Waals surface area contributed by atoms with E-state index in [-0.39, 0.29) is 36.1 Å². The fourth-order valence-electron chi connectivity index (χ4n) is 2.48. The van der Waals surface area contributed by atoms with Crippen LogP contribution in [-0.2, 0) is 4.79 Å². The molecule has 0 radical (unpaired) electrons. The molecule has 0 saturated carbocycles. The summed E-state index contributed by atoms with van der Waals surface area (Å²) in [7, 11) is 4.12. The molecule has 0 aromatic rings. The number of carbonyl (C=O) groups excluding carboxylic acids is 1. The first-order valence-corrected chi connectivity index (χ1v) is 6.54. The highest BCUT2D eigenvalue weighted by Gasteiger charge is 2.22. The number of nitrogens with one attached hydrogen (secondary N) is 2. The molecule has 0 aromatic carbocycles. The zero-order valence-corrected chi connectivity index (χ0v) is 14.1. The van der Waals surface area contributed by atoms with Crippen molar-refractivity contribution >= 4 is 30.7 Å². The summed E-state index contributed by atoms with van der Waals surface area (Å²) in [6.45, 7) is 7.15. The Labute approximate surface area is 129 Å². The van der Waals surface area contributed by atoms with Gasteiger partial charge in [0.25, 0.3) is 0 Å². The molecule has 1 aliphatic heterocycles. The minimum atomic E-state index is 0. The topological polar surface area (TPSA) is 44.4 Å². The average Bonchev–Trinajstić information content (AvgIpc) is 2.65. The van der Waals surface area contributed by atoms with E-state index in [1.165, 1.54) is 6.42 Å². The smallest absolute Gasteiger partial charge is 0.221 e. The van der Waals surface area contributed by atoms with E-state index in [1.54, 1.807) is 0 Å².